The zero-order chi connectivity index (χ0) is 16.5. The molecule has 0 fully saturated rings. The van der Waals surface area contributed by atoms with Crippen LogP contribution in [0, 0.1) is 0 Å². The molecule has 0 aliphatic carbocycles. The summed E-state index contributed by atoms with van der Waals surface area (Å²) in [5, 5.41) is 5.80. The summed E-state index contributed by atoms with van der Waals surface area (Å²) < 4.78 is 6.19. The van der Waals surface area contributed by atoms with Crippen LogP contribution in [-0.2, 0) is 0 Å². The number of benzene rings is 3. The van der Waals surface area contributed by atoms with E-state index in [4.69, 9.17) is 4.74 Å². The van der Waals surface area contributed by atoms with Gasteiger partial charge in [0.2, 0.25) is 0 Å². The van der Waals surface area contributed by atoms with Gasteiger partial charge in [-0.15, -0.1) is 0 Å². The number of ether oxygens (including phenoxy) is 1. The van der Waals surface area contributed by atoms with Gasteiger partial charge in [-0.25, -0.2) is 4.98 Å². The van der Waals surface area contributed by atoms with Crippen molar-refractivity contribution in [1.82, 2.24) is 4.98 Å². The van der Waals surface area contributed by atoms with Crippen molar-refractivity contribution >= 4 is 43.4 Å². The van der Waals surface area contributed by atoms with Crippen molar-refractivity contribution in [2.24, 2.45) is 0 Å². The molecular weight excluding hydrogens is 320 g/mol. The van der Waals surface area contributed by atoms with Gasteiger partial charge in [0.1, 0.15) is 5.75 Å². The number of methoxy groups -OCH3 is 1. The third-order valence-electron chi connectivity index (χ3n) is 3.85. The van der Waals surface area contributed by atoms with Crippen LogP contribution in [0.5, 0.6) is 5.75 Å². The number of nitrogens with zero attached hydrogens (tertiary/aromatic N) is 1. The number of hydrogen-bond donors (Lipinski definition) is 1. The van der Waals surface area contributed by atoms with Crippen LogP contribution in [0.15, 0.2) is 60.7 Å². The summed E-state index contributed by atoms with van der Waals surface area (Å²) in [4.78, 5) is 16.9. The summed E-state index contributed by atoms with van der Waals surface area (Å²) in [6, 6.07) is 19.2. The highest BCUT2D eigenvalue weighted by Crippen LogP contribution is 2.32. The lowest BCUT2D eigenvalue weighted by molar-refractivity contribution is 0.102. The number of thiazole rings is 1. The van der Waals surface area contributed by atoms with E-state index in [9.17, 15) is 4.79 Å². The summed E-state index contributed by atoms with van der Waals surface area (Å²) in [5.74, 6) is 0.541. The molecule has 1 heterocycles. The molecule has 0 spiro atoms. The Kier molecular flexibility index (Phi) is 3.63. The lowest BCUT2D eigenvalue weighted by Gasteiger charge is -2.03. The Bertz CT molecular complexity index is 1040. The monoisotopic (exact) mass is 334 g/mol. The zero-order valence-corrected chi connectivity index (χ0v) is 13.8. The number of carbonyl (C=O) groups is 1. The highest BCUT2D eigenvalue weighted by atomic mass is 32.1. The fourth-order valence-corrected chi connectivity index (χ4v) is 3.62. The Balaban J connectivity index is 1.66. The first-order valence-electron chi connectivity index (χ1n) is 7.48. The molecule has 118 valence electrons. The van der Waals surface area contributed by atoms with Crippen LogP contribution < -0.4 is 10.1 Å². The third kappa shape index (κ3) is 2.59. The maximum absolute atomic E-state index is 12.4. The first kappa shape index (κ1) is 14.7. The quantitative estimate of drug-likeness (QED) is 0.590. The van der Waals surface area contributed by atoms with Crippen molar-refractivity contribution in [1.29, 1.82) is 0 Å². The van der Waals surface area contributed by atoms with Gasteiger partial charge in [0.05, 0.1) is 17.3 Å². The first-order chi connectivity index (χ1) is 11.7. The number of carbonyl (C=O) groups excluding carboxylic acids is 1. The van der Waals surface area contributed by atoms with E-state index in [0.717, 1.165) is 21.4 Å². The minimum atomic E-state index is -0.180. The molecule has 4 rings (SSSR count). The molecule has 1 N–H and O–H groups in total. The predicted octanol–water partition coefficient (Wildman–Crippen LogP) is 4.71. The molecule has 4 aromatic rings. The Labute approximate surface area is 142 Å². The van der Waals surface area contributed by atoms with E-state index in [2.05, 4.69) is 22.4 Å². The van der Waals surface area contributed by atoms with Gasteiger partial charge in [-0.3, -0.25) is 10.1 Å². The largest absolute Gasteiger partial charge is 0.497 e. The second kappa shape index (κ2) is 5.94. The number of anilines is 1. The number of amides is 1. The molecule has 1 aromatic heterocycles. The van der Waals surface area contributed by atoms with Crippen molar-refractivity contribution in [3.8, 4) is 5.75 Å². The van der Waals surface area contributed by atoms with Gasteiger partial charge >= 0.3 is 0 Å². The highest BCUT2D eigenvalue weighted by molar-refractivity contribution is 7.23. The molecule has 5 heteroatoms. The summed E-state index contributed by atoms with van der Waals surface area (Å²) in [5.41, 5.74) is 1.46. The molecule has 0 saturated heterocycles. The smallest absolute Gasteiger partial charge is 0.257 e. The van der Waals surface area contributed by atoms with Crippen molar-refractivity contribution in [2.75, 3.05) is 12.4 Å². The van der Waals surface area contributed by atoms with E-state index < -0.39 is 0 Å². The van der Waals surface area contributed by atoms with E-state index >= 15 is 0 Å². The van der Waals surface area contributed by atoms with Gasteiger partial charge in [-0.05, 0) is 35.7 Å². The maximum atomic E-state index is 12.4. The average Bonchev–Trinajstić information content (AvgIpc) is 3.04. The molecule has 0 radical (unpaired) electrons. The molecule has 0 atom stereocenters. The molecule has 0 bridgehead atoms. The van der Waals surface area contributed by atoms with Gasteiger partial charge in [-0.1, -0.05) is 41.7 Å². The van der Waals surface area contributed by atoms with E-state index in [1.807, 2.05) is 24.3 Å². The van der Waals surface area contributed by atoms with Crippen molar-refractivity contribution < 1.29 is 9.53 Å². The number of aromatic nitrogens is 1. The molecular formula is C19H14N2O2S. The van der Waals surface area contributed by atoms with Crippen molar-refractivity contribution in [3.05, 3.63) is 66.2 Å². The standard InChI is InChI=1S/C19H14N2O2S/c1-23-14-9-6-13(7-10-14)18(22)21-19-20-16-11-8-12-4-2-3-5-15(12)17(16)24-19/h2-11H,1H3,(H,20,21,22). The lowest BCUT2D eigenvalue weighted by atomic mass is 10.1. The Morgan fingerprint density at radius 2 is 1.83 bits per heavy atom. The van der Waals surface area contributed by atoms with E-state index in [1.165, 1.54) is 16.7 Å². The van der Waals surface area contributed by atoms with Crippen molar-refractivity contribution in [3.63, 3.8) is 0 Å². The summed E-state index contributed by atoms with van der Waals surface area (Å²) in [6.45, 7) is 0. The minimum absolute atomic E-state index is 0.180. The second-order valence-corrected chi connectivity index (χ2v) is 6.34. The first-order valence-corrected chi connectivity index (χ1v) is 8.30. The minimum Gasteiger partial charge on any atom is -0.497 e. The van der Waals surface area contributed by atoms with Crippen LogP contribution in [0.1, 0.15) is 10.4 Å². The predicted molar refractivity (Wildman–Crippen MR) is 98.1 cm³/mol. The van der Waals surface area contributed by atoms with Crippen LogP contribution in [0.3, 0.4) is 0 Å². The SMILES string of the molecule is COc1ccc(C(=O)Nc2nc3ccc4ccccc4c3s2)cc1. The number of fused-ring (bicyclic) bond motifs is 3. The zero-order valence-electron chi connectivity index (χ0n) is 12.9. The van der Waals surface area contributed by atoms with Crippen LogP contribution in [0.25, 0.3) is 21.0 Å². The number of hydrogen-bond acceptors (Lipinski definition) is 4. The topological polar surface area (TPSA) is 51.2 Å². The normalized spacial score (nSPS) is 10.9. The molecule has 4 nitrogen and oxygen atoms in total. The Hall–Kier alpha value is -2.92. The second-order valence-electron chi connectivity index (χ2n) is 5.34. The summed E-state index contributed by atoms with van der Waals surface area (Å²) in [7, 11) is 1.60. The Morgan fingerprint density at radius 3 is 2.62 bits per heavy atom. The molecule has 24 heavy (non-hydrogen) atoms. The van der Waals surface area contributed by atoms with Gasteiger partial charge in [0.25, 0.3) is 5.91 Å². The van der Waals surface area contributed by atoms with Crippen LogP contribution in [0.2, 0.25) is 0 Å². The van der Waals surface area contributed by atoms with Crippen LogP contribution in [-0.4, -0.2) is 18.0 Å². The fraction of sp³-hybridized carbons (Fsp3) is 0.0526. The van der Waals surface area contributed by atoms with Gasteiger partial charge in [-0.2, -0.15) is 0 Å². The van der Waals surface area contributed by atoms with Gasteiger partial charge < -0.3 is 4.74 Å². The number of rotatable bonds is 3. The van der Waals surface area contributed by atoms with E-state index in [0.29, 0.717) is 10.7 Å². The third-order valence-corrected chi connectivity index (χ3v) is 4.87. The highest BCUT2D eigenvalue weighted by Gasteiger charge is 2.11. The molecule has 1 amide bonds. The molecule has 0 saturated carbocycles. The van der Waals surface area contributed by atoms with Crippen molar-refractivity contribution in [2.45, 2.75) is 0 Å². The van der Waals surface area contributed by atoms with Crippen LogP contribution in [0.4, 0.5) is 5.13 Å². The molecule has 0 unspecified atom stereocenters. The van der Waals surface area contributed by atoms with E-state index in [1.54, 1.807) is 31.4 Å². The average molecular weight is 334 g/mol. The van der Waals surface area contributed by atoms with E-state index in [-0.39, 0.29) is 5.91 Å². The maximum Gasteiger partial charge on any atom is 0.257 e. The fourth-order valence-electron chi connectivity index (χ4n) is 2.62. The molecule has 0 aliphatic heterocycles. The van der Waals surface area contributed by atoms with Gasteiger partial charge in [0.15, 0.2) is 5.13 Å². The Morgan fingerprint density at radius 1 is 1.04 bits per heavy atom. The number of nitrogens with one attached hydrogen (secondary N) is 1. The van der Waals surface area contributed by atoms with Crippen LogP contribution >= 0.6 is 11.3 Å². The van der Waals surface area contributed by atoms with Gasteiger partial charge in [0, 0.05) is 10.9 Å². The summed E-state index contributed by atoms with van der Waals surface area (Å²) in [6.07, 6.45) is 0. The summed E-state index contributed by atoms with van der Waals surface area (Å²) >= 11 is 1.49. The molecule has 3 aromatic carbocycles. The molecule has 0 aliphatic rings. The lowest BCUT2D eigenvalue weighted by Crippen LogP contribution is -2.11.